The second-order valence-electron chi connectivity index (χ2n) is 10.6. The summed E-state index contributed by atoms with van der Waals surface area (Å²) in [4.78, 5) is 31.9. The number of hydrogen-bond acceptors (Lipinski definition) is 9. The van der Waals surface area contributed by atoms with Crippen LogP contribution in [0.15, 0.2) is 71.8 Å². The summed E-state index contributed by atoms with van der Waals surface area (Å²) in [5.74, 6) is 0.884. The van der Waals surface area contributed by atoms with Crippen molar-refractivity contribution in [2.45, 2.75) is 36.7 Å². The van der Waals surface area contributed by atoms with Gasteiger partial charge in [0.2, 0.25) is 5.91 Å². The lowest BCUT2D eigenvalue weighted by molar-refractivity contribution is -0.133. The number of carbonyl (C=O) groups is 2. The molecule has 0 spiro atoms. The third kappa shape index (κ3) is 6.43. The van der Waals surface area contributed by atoms with E-state index in [0.29, 0.717) is 53.5 Å². The summed E-state index contributed by atoms with van der Waals surface area (Å²) in [6.07, 6.45) is 1.45. The molecule has 2 atom stereocenters. The molecular formula is C32H35N5O7S. The first-order chi connectivity index (χ1) is 21.6. The number of hydrogen-bond donors (Lipinski definition) is 4. The molecule has 1 aliphatic rings. The van der Waals surface area contributed by atoms with Crippen LogP contribution in [0.5, 0.6) is 11.5 Å². The summed E-state index contributed by atoms with van der Waals surface area (Å²) in [7, 11) is -0.659. The van der Waals surface area contributed by atoms with E-state index in [1.54, 1.807) is 36.2 Å². The third-order valence-electron chi connectivity index (χ3n) is 7.97. The molecule has 1 aliphatic heterocycles. The summed E-state index contributed by atoms with van der Waals surface area (Å²) >= 11 is 0. The molecule has 2 amide bonds. The Hall–Kier alpha value is -5.04. The number of benzene rings is 3. The van der Waals surface area contributed by atoms with Gasteiger partial charge in [0.25, 0.3) is 0 Å². The molecule has 0 aliphatic carbocycles. The van der Waals surface area contributed by atoms with Crippen molar-refractivity contribution in [1.29, 1.82) is 0 Å². The molecule has 0 unspecified atom stereocenters. The maximum Gasteiger partial charge on any atom is 0.409 e. The van der Waals surface area contributed by atoms with Gasteiger partial charge >= 0.3 is 6.09 Å². The zero-order valence-corrected chi connectivity index (χ0v) is 25.9. The number of amides is 2. The molecule has 2 heterocycles. The van der Waals surface area contributed by atoms with E-state index in [1.165, 1.54) is 32.4 Å². The highest BCUT2D eigenvalue weighted by Crippen LogP contribution is 2.40. The minimum atomic E-state index is -3.70. The van der Waals surface area contributed by atoms with E-state index in [0.717, 1.165) is 10.8 Å². The van der Waals surface area contributed by atoms with Crippen LogP contribution in [0.1, 0.15) is 43.0 Å². The van der Waals surface area contributed by atoms with Crippen LogP contribution in [-0.4, -0.2) is 61.9 Å². The molecule has 3 aromatic carbocycles. The van der Waals surface area contributed by atoms with Crippen molar-refractivity contribution in [3.8, 4) is 11.5 Å². The number of carbonyl (C=O) groups excluding carboxylic acids is 1. The molecule has 12 nitrogen and oxygen atoms in total. The quantitative estimate of drug-likeness (QED) is 0.181. The number of carboxylic acid groups (broad SMARTS) is 1. The molecule has 5 rings (SSSR count). The van der Waals surface area contributed by atoms with Crippen molar-refractivity contribution < 1.29 is 32.6 Å². The number of fused-ring (bicyclic) bond motifs is 1. The van der Waals surface area contributed by atoms with Crippen molar-refractivity contribution in [3.05, 3.63) is 78.0 Å². The third-order valence-corrected chi connectivity index (χ3v) is 9.77. The van der Waals surface area contributed by atoms with E-state index >= 15 is 0 Å². The largest absolute Gasteiger partial charge is 0.493 e. The van der Waals surface area contributed by atoms with Crippen LogP contribution in [-0.2, 0) is 14.6 Å². The van der Waals surface area contributed by atoms with Gasteiger partial charge in [-0.05, 0) is 84.0 Å². The molecule has 4 aromatic rings. The van der Waals surface area contributed by atoms with Crippen molar-refractivity contribution in [2.24, 2.45) is 0 Å². The molecule has 0 saturated carbocycles. The van der Waals surface area contributed by atoms with Crippen LogP contribution in [0.25, 0.3) is 10.8 Å². The van der Waals surface area contributed by atoms with E-state index in [9.17, 15) is 23.1 Å². The smallest absolute Gasteiger partial charge is 0.409 e. The predicted octanol–water partition coefficient (Wildman–Crippen LogP) is 5.23. The molecule has 0 bridgehead atoms. The van der Waals surface area contributed by atoms with Gasteiger partial charge in [-0.3, -0.25) is 10.1 Å². The Kier molecular flexibility index (Phi) is 9.00. The average molecular weight is 634 g/mol. The lowest BCUT2D eigenvalue weighted by Crippen LogP contribution is -2.38. The number of nitrogens with zero attached hydrogens (tertiary/aromatic N) is 2. The van der Waals surface area contributed by atoms with Gasteiger partial charge in [-0.15, -0.1) is 0 Å². The first-order valence-corrected chi connectivity index (χ1v) is 16.0. The summed E-state index contributed by atoms with van der Waals surface area (Å²) in [5.41, 5.74) is 7.88. The Morgan fingerprint density at radius 1 is 1.04 bits per heavy atom. The van der Waals surface area contributed by atoms with E-state index in [1.807, 2.05) is 24.3 Å². The number of pyridine rings is 1. The lowest BCUT2D eigenvalue weighted by atomic mass is 10.00. The number of sulfone groups is 1. The Labute approximate surface area is 261 Å². The second-order valence-corrected chi connectivity index (χ2v) is 12.8. The molecule has 1 aromatic heterocycles. The zero-order valence-electron chi connectivity index (χ0n) is 25.1. The Bertz CT molecular complexity index is 1860. The normalized spacial score (nSPS) is 15.4. The van der Waals surface area contributed by atoms with Crippen molar-refractivity contribution in [3.63, 3.8) is 0 Å². The summed E-state index contributed by atoms with van der Waals surface area (Å²) in [6.45, 7) is 1.92. The van der Waals surface area contributed by atoms with Gasteiger partial charge < -0.3 is 30.5 Å². The fourth-order valence-electron chi connectivity index (χ4n) is 5.75. The fraction of sp³-hybridized carbons (Fsp3) is 0.281. The van der Waals surface area contributed by atoms with Crippen LogP contribution in [0.4, 0.5) is 22.0 Å². The number of aromatic nitrogens is 1. The first kappa shape index (κ1) is 31.4. The molecule has 1 fully saturated rings. The number of nitrogens with two attached hydrogens (primary N) is 1. The number of ether oxygens (including phenoxy) is 2. The number of nitrogen functional groups attached to an aromatic ring is 1. The van der Waals surface area contributed by atoms with Crippen LogP contribution < -0.4 is 25.8 Å². The highest BCUT2D eigenvalue weighted by Gasteiger charge is 2.37. The minimum absolute atomic E-state index is 0.0713. The van der Waals surface area contributed by atoms with Crippen LogP contribution >= 0.6 is 0 Å². The molecule has 1 saturated heterocycles. The zero-order chi connectivity index (χ0) is 32.3. The van der Waals surface area contributed by atoms with Crippen molar-refractivity contribution in [2.75, 3.05) is 42.9 Å². The van der Waals surface area contributed by atoms with Crippen molar-refractivity contribution in [1.82, 2.24) is 9.88 Å². The highest BCUT2D eigenvalue weighted by atomic mass is 32.2. The summed E-state index contributed by atoms with van der Waals surface area (Å²) in [6, 6.07) is 15.4. The van der Waals surface area contributed by atoms with Gasteiger partial charge in [-0.2, -0.15) is 0 Å². The fourth-order valence-corrected chi connectivity index (χ4v) is 6.89. The predicted molar refractivity (Wildman–Crippen MR) is 172 cm³/mol. The van der Waals surface area contributed by atoms with Crippen LogP contribution in [0, 0.1) is 0 Å². The second kappa shape index (κ2) is 12.9. The van der Waals surface area contributed by atoms with Crippen LogP contribution in [0.2, 0.25) is 0 Å². The van der Waals surface area contributed by atoms with Gasteiger partial charge in [0.1, 0.15) is 11.9 Å². The van der Waals surface area contributed by atoms with E-state index in [-0.39, 0.29) is 22.2 Å². The Morgan fingerprint density at radius 2 is 1.80 bits per heavy atom. The summed E-state index contributed by atoms with van der Waals surface area (Å²) in [5, 5.41) is 16.6. The topological polar surface area (TPSA) is 173 Å². The molecule has 5 N–H and O–H groups in total. The SMILES string of the molecule is CCS(=O)(=O)c1ccc(NC(=O)O)cc1[C@H]1CCCN1C(=O)[C@H](Nc1ccc2c(N)nccc2c1)c1ccc(OC)c(OC)c1. The number of rotatable bonds is 10. The minimum Gasteiger partial charge on any atom is -0.493 e. The highest BCUT2D eigenvalue weighted by molar-refractivity contribution is 7.91. The molecular weight excluding hydrogens is 598 g/mol. The lowest BCUT2D eigenvalue weighted by Gasteiger charge is -2.31. The van der Waals surface area contributed by atoms with Crippen LogP contribution in [0.3, 0.4) is 0 Å². The first-order valence-electron chi connectivity index (χ1n) is 14.4. The van der Waals surface area contributed by atoms with Gasteiger partial charge in [-0.25, -0.2) is 18.2 Å². The number of anilines is 3. The maximum absolute atomic E-state index is 14.6. The molecule has 45 heavy (non-hydrogen) atoms. The van der Waals surface area contributed by atoms with Gasteiger partial charge in [0.15, 0.2) is 21.3 Å². The van der Waals surface area contributed by atoms with Gasteiger partial charge in [0.05, 0.1) is 30.9 Å². The van der Waals surface area contributed by atoms with Crippen molar-refractivity contribution >= 4 is 49.8 Å². The molecule has 0 radical (unpaired) electrons. The monoisotopic (exact) mass is 633 g/mol. The van der Waals surface area contributed by atoms with E-state index in [2.05, 4.69) is 15.6 Å². The standard InChI is InChI=1S/C32H35N5O7S/c1-4-45(41,42)28-12-9-22(36-32(39)40)18-24(28)25-6-5-15-37(25)31(38)29(20-7-11-26(43-2)27(17-20)44-3)35-21-8-10-23-19(16-21)13-14-34-30(23)33/h7-14,16-18,25,29,35-36H,4-6,15H2,1-3H3,(H2,33,34)(H,39,40)/t25-,29-/m1/s1. The molecule has 13 heteroatoms. The Balaban J connectivity index is 1.59. The van der Waals surface area contributed by atoms with Gasteiger partial charge in [-0.1, -0.05) is 13.0 Å². The van der Waals surface area contributed by atoms with Gasteiger partial charge in [0, 0.05) is 29.5 Å². The number of methoxy groups -OCH3 is 2. The number of nitrogens with one attached hydrogen (secondary N) is 2. The van der Waals surface area contributed by atoms with E-state index in [4.69, 9.17) is 15.2 Å². The summed E-state index contributed by atoms with van der Waals surface area (Å²) < 4.78 is 37.3. The number of likely N-dealkylation sites (tertiary alicyclic amines) is 1. The Morgan fingerprint density at radius 3 is 2.51 bits per heavy atom. The maximum atomic E-state index is 14.6. The van der Waals surface area contributed by atoms with E-state index < -0.39 is 28.0 Å². The average Bonchev–Trinajstić information content (AvgIpc) is 3.53. The molecule has 236 valence electrons.